The fourth-order valence-electron chi connectivity index (χ4n) is 5.06. The van der Waals surface area contributed by atoms with Gasteiger partial charge in [-0.2, -0.15) is 5.10 Å². The van der Waals surface area contributed by atoms with Crippen LogP contribution < -0.4 is 10.2 Å². The van der Waals surface area contributed by atoms with Gasteiger partial charge in [-0.3, -0.25) is 19.5 Å². The molecule has 1 saturated heterocycles. The van der Waals surface area contributed by atoms with Crippen LogP contribution in [0.1, 0.15) is 46.1 Å². The lowest BCUT2D eigenvalue weighted by Gasteiger charge is -2.37. The van der Waals surface area contributed by atoms with Crippen molar-refractivity contribution in [3.05, 3.63) is 64.5 Å². The van der Waals surface area contributed by atoms with Crippen LogP contribution in [0, 0.1) is 19.7 Å². The molecule has 39 heavy (non-hydrogen) atoms. The van der Waals surface area contributed by atoms with Gasteiger partial charge in [-0.1, -0.05) is 46.9 Å². The molecule has 1 unspecified atom stereocenters. The van der Waals surface area contributed by atoms with E-state index in [1.807, 2.05) is 0 Å². The molecule has 2 aromatic carbocycles. The second-order valence-corrected chi connectivity index (χ2v) is 11.1. The second kappa shape index (κ2) is 13.6. The Kier molecular flexibility index (Phi) is 10.2. The van der Waals surface area contributed by atoms with Crippen molar-refractivity contribution in [2.75, 3.05) is 57.3 Å². The van der Waals surface area contributed by atoms with Gasteiger partial charge in [0.1, 0.15) is 16.4 Å². The van der Waals surface area contributed by atoms with E-state index < -0.39 is 10.0 Å². The van der Waals surface area contributed by atoms with E-state index in [0.717, 1.165) is 39.1 Å². The van der Waals surface area contributed by atoms with Gasteiger partial charge in [0.2, 0.25) is 5.91 Å². The van der Waals surface area contributed by atoms with Gasteiger partial charge < -0.3 is 15.0 Å². The summed E-state index contributed by atoms with van der Waals surface area (Å²) in [5.41, 5.74) is 5.41. The average molecular weight is 650 g/mol. The van der Waals surface area contributed by atoms with E-state index in [4.69, 9.17) is 4.74 Å². The van der Waals surface area contributed by atoms with Crippen LogP contribution in [-0.2, 0) is 14.3 Å². The molecule has 0 saturated carbocycles. The maximum atomic E-state index is 14.8. The zero-order chi connectivity index (χ0) is 27.9. The number of carbonyl (C=O) groups is 2. The van der Waals surface area contributed by atoms with E-state index >= 15 is 0 Å². The summed E-state index contributed by atoms with van der Waals surface area (Å²) in [5, 5.41) is 9.08. The topological polar surface area (TPSA) is 77.5 Å². The number of hydrogen-bond acceptors (Lipinski definition) is 7. The highest BCUT2D eigenvalue weighted by Gasteiger charge is 2.31. The second-order valence-electron chi connectivity index (χ2n) is 9.91. The van der Waals surface area contributed by atoms with Crippen molar-refractivity contribution in [1.82, 2.24) is 15.2 Å². The summed E-state index contributed by atoms with van der Waals surface area (Å²) in [5.74, 6) is -1.00. The Morgan fingerprint density at radius 3 is 2.62 bits per heavy atom. The van der Waals surface area contributed by atoms with Crippen LogP contribution in [0.3, 0.4) is 0 Å². The molecule has 8 nitrogen and oxygen atoms in total. The van der Waals surface area contributed by atoms with Gasteiger partial charge >= 0.3 is 5.97 Å². The normalized spacial score (nSPS) is 17.5. The van der Waals surface area contributed by atoms with Gasteiger partial charge in [0.25, 0.3) is 0 Å². The van der Waals surface area contributed by atoms with E-state index in [9.17, 15) is 14.0 Å². The van der Waals surface area contributed by atoms with Crippen LogP contribution in [-0.4, -0.2) is 79.9 Å². The first-order valence-electron chi connectivity index (χ1n) is 13.5. The van der Waals surface area contributed by atoms with Crippen molar-refractivity contribution in [2.45, 2.75) is 37.7 Å². The number of rotatable bonds is 10. The number of piperazine rings is 1. The molecule has 0 bridgehead atoms. The van der Waals surface area contributed by atoms with Crippen molar-refractivity contribution >= 4 is 45.9 Å². The summed E-state index contributed by atoms with van der Waals surface area (Å²) >= 11 is 2.09. The molecule has 4 rings (SSSR count). The molecule has 0 radical (unpaired) electrons. The highest BCUT2D eigenvalue weighted by atomic mass is 127. The molecule has 2 heterocycles. The Morgan fingerprint density at radius 1 is 1.13 bits per heavy atom. The van der Waals surface area contributed by atoms with Gasteiger partial charge in [-0.25, -0.2) is 4.39 Å². The number of fused-ring (bicyclic) bond motifs is 1. The lowest BCUT2D eigenvalue weighted by molar-refractivity contribution is -0.141. The van der Waals surface area contributed by atoms with Gasteiger partial charge in [0.05, 0.1) is 18.7 Å². The number of carbonyl (C=O) groups excluding carboxylic acids is 2. The minimum Gasteiger partial charge on any atom is -0.466 e. The van der Waals surface area contributed by atoms with Crippen LogP contribution in [0.15, 0.2) is 41.5 Å². The Balaban J connectivity index is 1.25. The number of nitrogens with one attached hydrogen (secondary N) is 1. The van der Waals surface area contributed by atoms with Crippen LogP contribution >= 0.6 is 22.6 Å². The van der Waals surface area contributed by atoms with Gasteiger partial charge in [-0.05, 0) is 57.0 Å². The molecular weight excluding hydrogens is 612 g/mol. The number of amides is 1. The van der Waals surface area contributed by atoms with Crippen LogP contribution in [0.5, 0.6) is 0 Å². The van der Waals surface area contributed by atoms with Crippen LogP contribution in [0.2, 0.25) is 0 Å². The number of halogens is 2. The molecule has 10 heteroatoms. The van der Waals surface area contributed by atoms with Crippen molar-refractivity contribution in [3.63, 3.8) is 0 Å². The van der Waals surface area contributed by atoms with E-state index in [1.54, 1.807) is 24.1 Å². The summed E-state index contributed by atoms with van der Waals surface area (Å²) in [7, 11) is 0. The van der Waals surface area contributed by atoms with E-state index in [-0.39, 0.29) is 31.3 Å². The first kappa shape index (κ1) is 29.3. The highest BCUT2D eigenvalue weighted by molar-refractivity contribution is 14.1. The Hall–Kier alpha value is -2.73. The number of nitrogens with zero attached hydrogens (tertiary/aromatic N) is 4. The number of alkyl halides is 1. The van der Waals surface area contributed by atoms with Crippen molar-refractivity contribution < 1.29 is 18.7 Å². The maximum absolute atomic E-state index is 14.8. The summed E-state index contributed by atoms with van der Waals surface area (Å²) < 4.78 is 19.4. The number of benzene rings is 2. The molecule has 1 amide bonds. The van der Waals surface area contributed by atoms with Crippen molar-refractivity contribution in [3.8, 4) is 0 Å². The van der Waals surface area contributed by atoms with Gasteiger partial charge in [0, 0.05) is 49.5 Å². The summed E-state index contributed by atoms with van der Waals surface area (Å²) in [4.78, 5) is 29.8. The number of ether oxygens (including phenoxy) is 1. The number of aryl methyl sites for hydroxylation is 1. The molecule has 210 valence electrons. The predicted octanol–water partition coefficient (Wildman–Crippen LogP) is 4.18. The fourth-order valence-corrected chi connectivity index (χ4v) is 6.01. The quantitative estimate of drug-likeness (QED) is 0.137. The molecule has 1 N–H and O–H groups in total. The molecule has 0 aliphatic carbocycles. The zero-order valence-corrected chi connectivity index (χ0v) is 25.0. The third-order valence-corrected chi connectivity index (χ3v) is 8.56. The molecular formula is C29H37FIN5O3. The molecule has 2 aliphatic rings. The standard InChI is InChI=1S/C29H37FIN5O3/c1-4-39-27(38)18-24-22-9-6-10-23(30)28(22)29(31)36(33-24)19-26(37)32-12-7-13-34-14-16-35(17-15-34)25-11-5-8-20(2)21(25)3/h5-6,8-11,29H,4,7,12-19H2,1-3H3,(H,32,37). The number of hydrogen-bond donors (Lipinski definition) is 1. The lowest BCUT2D eigenvalue weighted by Crippen LogP contribution is -2.47. The minimum atomic E-state index is -0.469. The summed E-state index contributed by atoms with van der Waals surface area (Å²) in [6.45, 7) is 11.8. The Labute approximate surface area is 243 Å². The number of hydrazone groups is 1. The van der Waals surface area contributed by atoms with Crippen molar-refractivity contribution in [2.24, 2.45) is 5.10 Å². The zero-order valence-electron chi connectivity index (χ0n) is 22.9. The smallest absolute Gasteiger partial charge is 0.311 e. The third kappa shape index (κ3) is 7.27. The predicted molar refractivity (Wildman–Crippen MR) is 160 cm³/mol. The fraction of sp³-hybridized carbons (Fsp3) is 0.483. The van der Waals surface area contributed by atoms with E-state index in [1.165, 1.54) is 22.9 Å². The van der Waals surface area contributed by atoms with Crippen LogP contribution in [0.4, 0.5) is 10.1 Å². The highest BCUT2D eigenvalue weighted by Crippen LogP contribution is 2.37. The monoisotopic (exact) mass is 649 g/mol. The third-order valence-electron chi connectivity index (χ3n) is 7.30. The average Bonchev–Trinajstić information content (AvgIpc) is 2.91. The first-order valence-corrected chi connectivity index (χ1v) is 14.8. The van der Waals surface area contributed by atoms with E-state index in [2.05, 4.69) is 74.9 Å². The Bertz CT molecular complexity index is 1220. The molecule has 1 fully saturated rings. The van der Waals surface area contributed by atoms with Crippen molar-refractivity contribution in [1.29, 1.82) is 0 Å². The minimum absolute atomic E-state index is 0.0256. The van der Waals surface area contributed by atoms with E-state index in [0.29, 0.717) is 23.4 Å². The largest absolute Gasteiger partial charge is 0.466 e. The SMILES string of the molecule is CCOC(=O)CC1=NN(CC(=O)NCCCN2CCN(c3cccc(C)c3C)CC2)C(I)c2c(F)cccc21. The Morgan fingerprint density at radius 2 is 1.87 bits per heavy atom. The van der Waals surface area contributed by atoms with Crippen LogP contribution in [0.25, 0.3) is 0 Å². The summed E-state index contributed by atoms with van der Waals surface area (Å²) in [6, 6.07) is 11.2. The van der Waals surface area contributed by atoms with Gasteiger partial charge in [-0.15, -0.1) is 0 Å². The molecule has 1 atom stereocenters. The number of anilines is 1. The molecule has 2 aromatic rings. The molecule has 2 aliphatic heterocycles. The molecule has 0 aromatic heterocycles. The van der Waals surface area contributed by atoms with Gasteiger partial charge in [0.15, 0.2) is 0 Å². The summed E-state index contributed by atoms with van der Waals surface area (Å²) in [6.07, 6.45) is 0.764. The number of esters is 1. The lowest BCUT2D eigenvalue weighted by atomic mass is 9.98. The maximum Gasteiger partial charge on any atom is 0.311 e. The first-order chi connectivity index (χ1) is 18.8. The molecule has 0 spiro atoms.